The Kier molecular flexibility index (Phi) is 5.43. The maximum absolute atomic E-state index is 5.77. The van der Waals surface area contributed by atoms with Crippen molar-refractivity contribution in [3.05, 3.63) is 42.5 Å². The molecule has 3 heterocycles. The van der Waals surface area contributed by atoms with Crippen LogP contribution in [0.3, 0.4) is 0 Å². The molecular weight excluding hydrogens is 340 g/mol. The van der Waals surface area contributed by atoms with E-state index in [0.29, 0.717) is 11.8 Å². The molecule has 27 heavy (non-hydrogen) atoms. The van der Waals surface area contributed by atoms with E-state index in [2.05, 4.69) is 35.3 Å². The van der Waals surface area contributed by atoms with E-state index >= 15 is 0 Å². The lowest BCUT2D eigenvalue weighted by atomic mass is 9.78. The summed E-state index contributed by atoms with van der Waals surface area (Å²) < 4.78 is 0. The molecule has 0 unspecified atom stereocenters. The number of nitrogens with zero attached hydrogens (tertiary/aromatic N) is 4. The molecule has 3 aromatic heterocycles. The summed E-state index contributed by atoms with van der Waals surface area (Å²) in [5.74, 6) is 6.84. The highest BCUT2D eigenvalue weighted by Crippen LogP contribution is 2.32. The third kappa shape index (κ3) is 4.00. The molecule has 8 heteroatoms. The lowest BCUT2D eigenvalue weighted by molar-refractivity contribution is 0.311. The summed E-state index contributed by atoms with van der Waals surface area (Å²) >= 11 is 0. The topological polar surface area (TPSA) is 121 Å². The van der Waals surface area contributed by atoms with Crippen molar-refractivity contribution in [2.45, 2.75) is 32.1 Å². The van der Waals surface area contributed by atoms with Crippen LogP contribution < -0.4 is 11.2 Å². The van der Waals surface area contributed by atoms with Crippen molar-refractivity contribution in [1.82, 2.24) is 30.2 Å². The molecule has 3 aromatic rings. The van der Waals surface area contributed by atoms with Crippen molar-refractivity contribution in [1.29, 1.82) is 0 Å². The van der Waals surface area contributed by atoms with E-state index < -0.39 is 0 Å². The molecule has 0 saturated heterocycles. The van der Waals surface area contributed by atoms with Gasteiger partial charge in [0.25, 0.3) is 0 Å². The largest absolute Gasteiger partial charge is 0.348 e. The number of hydrogen-bond donors (Lipinski definition) is 4. The van der Waals surface area contributed by atoms with Crippen molar-refractivity contribution in [2.75, 3.05) is 13.1 Å². The van der Waals surface area contributed by atoms with Crippen LogP contribution in [0.5, 0.6) is 0 Å². The van der Waals surface area contributed by atoms with Crippen LogP contribution in [-0.2, 0) is 6.42 Å². The van der Waals surface area contributed by atoms with E-state index in [9.17, 15) is 0 Å². The Balaban J connectivity index is 1.29. The fourth-order valence-electron chi connectivity index (χ4n) is 4.03. The molecule has 1 aliphatic carbocycles. The molecule has 0 radical (unpaired) electrons. The SMILES string of the molecule is NN=C(c1ncnc2[nH]ccc12)C1CCC(CNCCc2cnc[nH]2)CC1. The molecule has 1 aliphatic rings. The molecule has 0 bridgehead atoms. The van der Waals surface area contributed by atoms with Gasteiger partial charge < -0.3 is 21.1 Å². The molecule has 4 rings (SSSR count). The Labute approximate surface area is 158 Å². The molecule has 1 saturated carbocycles. The van der Waals surface area contributed by atoms with Crippen molar-refractivity contribution in [3.63, 3.8) is 0 Å². The van der Waals surface area contributed by atoms with Gasteiger partial charge in [-0.3, -0.25) is 0 Å². The molecule has 8 nitrogen and oxygen atoms in total. The first kappa shape index (κ1) is 17.7. The molecule has 0 aliphatic heterocycles. The number of aromatic amines is 2. The summed E-state index contributed by atoms with van der Waals surface area (Å²) in [6.07, 6.45) is 12.6. The number of nitrogens with two attached hydrogens (primary N) is 1. The number of fused-ring (bicyclic) bond motifs is 1. The number of hydrazone groups is 1. The fraction of sp³-hybridized carbons (Fsp3) is 0.474. The molecule has 0 amide bonds. The van der Waals surface area contributed by atoms with Crippen LogP contribution in [-0.4, -0.2) is 43.7 Å². The smallest absolute Gasteiger partial charge is 0.141 e. The van der Waals surface area contributed by atoms with Gasteiger partial charge in [0.1, 0.15) is 12.0 Å². The third-order valence-electron chi connectivity index (χ3n) is 5.53. The first-order valence-electron chi connectivity index (χ1n) is 9.59. The first-order chi connectivity index (χ1) is 13.3. The molecular formula is C19H26N8. The zero-order valence-corrected chi connectivity index (χ0v) is 15.4. The number of H-pyrrole nitrogens is 2. The van der Waals surface area contributed by atoms with Crippen LogP contribution in [0, 0.1) is 11.8 Å². The van der Waals surface area contributed by atoms with Gasteiger partial charge >= 0.3 is 0 Å². The minimum absolute atomic E-state index is 0.365. The van der Waals surface area contributed by atoms with E-state index in [0.717, 1.165) is 54.8 Å². The average molecular weight is 366 g/mol. The Morgan fingerprint density at radius 2 is 2.11 bits per heavy atom. The fourth-order valence-corrected chi connectivity index (χ4v) is 4.03. The van der Waals surface area contributed by atoms with Gasteiger partial charge in [0, 0.05) is 42.4 Å². The summed E-state index contributed by atoms with van der Waals surface area (Å²) in [7, 11) is 0. The van der Waals surface area contributed by atoms with Crippen LogP contribution in [0.1, 0.15) is 37.1 Å². The number of nitrogens with one attached hydrogen (secondary N) is 3. The second-order valence-corrected chi connectivity index (χ2v) is 7.23. The first-order valence-corrected chi connectivity index (χ1v) is 9.59. The monoisotopic (exact) mass is 366 g/mol. The minimum Gasteiger partial charge on any atom is -0.348 e. The van der Waals surface area contributed by atoms with Gasteiger partial charge in [-0.15, -0.1) is 0 Å². The second kappa shape index (κ2) is 8.30. The van der Waals surface area contributed by atoms with E-state index in [4.69, 9.17) is 5.84 Å². The summed E-state index contributed by atoms with van der Waals surface area (Å²) in [6.45, 7) is 2.04. The van der Waals surface area contributed by atoms with Gasteiger partial charge in [-0.05, 0) is 44.2 Å². The van der Waals surface area contributed by atoms with Crippen molar-refractivity contribution in [3.8, 4) is 0 Å². The van der Waals surface area contributed by atoms with Gasteiger partial charge in [0.15, 0.2) is 0 Å². The van der Waals surface area contributed by atoms with Gasteiger partial charge in [0.2, 0.25) is 0 Å². The highest BCUT2D eigenvalue weighted by Gasteiger charge is 2.27. The molecule has 0 spiro atoms. The quantitative estimate of drug-likeness (QED) is 0.220. The van der Waals surface area contributed by atoms with Crippen molar-refractivity contribution < 1.29 is 0 Å². The summed E-state index contributed by atoms with van der Waals surface area (Å²) in [5, 5.41) is 8.69. The van der Waals surface area contributed by atoms with Crippen LogP contribution >= 0.6 is 0 Å². The summed E-state index contributed by atoms with van der Waals surface area (Å²) in [4.78, 5) is 19.0. The Morgan fingerprint density at radius 3 is 2.89 bits per heavy atom. The predicted octanol–water partition coefficient (Wildman–Crippen LogP) is 1.98. The van der Waals surface area contributed by atoms with Crippen LogP contribution in [0.25, 0.3) is 11.0 Å². The van der Waals surface area contributed by atoms with E-state index in [-0.39, 0.29) is 0 Å². The number of aromatic nitrogens is 5. The van der Waals surface area contributed by atoms with E-state index in [1.807, 2.05) is 18.5 Å². The number of rotatable bonds is 7. The van der Waals surface area contributed by atoms with Crippen molar-refractivity contribution >= 4 is 16.7 Å². The lowest BCUT2D eigenvalue weighted by Crippen LogP contribution is -2.30. The Morgan fingerprint density at radius 1 is 1.22 bits per heavy atom. The molecule has 5 N–H and O–H groups in total. The van der Waals surface area contributed by atoms with Crippen LogP contribution in [0.2, 0.25) is 0 Å². The molecule has 0 atom stereocenters. The zero-order chi connectivity index (χ0) is 18.5. The van der Waals surface area contributed by atoms with Gasteiger partial charge in [-0.25, -0.2) is 15.0 Å². The maximum atomic E-state index is 5.77. The Bertz CT molecular complexity index is 874. The maximum Gasteiger partial charge on any atom is 0.141 e. The summed E-state index contributed by atoms with van der Waals surface area (Å²) in [5.41, 5.74) is 3.78. The predicted molar refractivity (Wildman–Crippen MR) is 105 cm³/mol. The van der Waals surface area contributed by atoms with Crippen molar-refractivity contribution in [2.24, 2.45) is 22.8 Å². The normalized spacial score (nSPS) is 21.0. The Hall–Kier alpha value is -2.74. The molecule has 142 valence electrons. The lowest BCUT2D eigenvalue weighted by Gasteiger charge is -2.29. The average Bonchev–Trinajstić information content (AvgIpc) is 3.39. The van der Waals surface area contributed by atoms with Crippen LogP contribution in [0.15, 0.2) is 36.2 Å². The number of imidazole rings is 1. The third-order valence-corrected chi connectivity index (χ3v) is 5.53. The summed E-state index contributed by atoms with van der Waals surface area (Å²) in [6, 6.07) is 1.99. The van der Waals surface area contributed by atoms with Crippen LogP contribution in [0.4, 0.5) is 0 Å². The number of hydrogen-bond acceptors (Lipinski definition) is 6. The minimum atomic E-state index is 0.365. The standard InChI is InChI=1S/C19H26N8/c20-27-17(18-16-6-8-23-19(16)26-12-25-18)14-3-1-13(2-4-14)9-21-7-5-15-10-22-11-24-15/h6,8,10-14,21H,1-5,7,9,20H2,(H,22,24)(H,23,25,26). The zero-order valence-electron chi connectivity index (χ0n) is 15.4. The molecule has 1 fully saturated rings. The van der Waals surface area contributed by atoms with E-state index in [1.165, 1.54) is 18.5 Å². The van der Waals surface area contributed by atoms with Gasteiger partial charge in [-0.1, -0.05) is 0 Å². The van der Waals surface area contributed by atoms with Gasteiger partial charge in [0.05, 0.1) is 17.7 Å². The molecule has 0 aromatic carbocycles. The highest BCUT2D eigenvalue weighted by atomic mass is 15.1. The second-order valence-electron chi connectivity index (χ2n) is 7.23. The van der Waals surface area contributed by atoms with E-state index in [1.54, 1.807) is 12.7 Å². The van der Waals surface area contributed by atoms with Gasteiger partial charge in [-0.2, -0.15) is 5.10 Å². The highest BCUT2D eigenvalue weighted by molar-refractivity contribution is 6.09.